The maximum atomic E-state index is 12.4. The summed E-state index contributed by atoms with van der Waals surface area (Å²) in [6, 6.07) is 0. The number of aromatic amines is 1. The zero-order chi connectivity index (χ0) is 17.5. The third-order valence-electron chi connectivity index (χ3n) is 5.00. The Bertz CT molecular complexity index is 719. The Labute approximate surface area is 142 Å². The minimum absolute atomic E-state index is 0.0822. The Hall–Kier alpha value is -1.45. The molecule has 1 aromatic heterocycles. The minimum atomic E-state index is -3.34. The Kier molecular flexibility index (Phi) is 4.43. The zero-order valence-electron chi connectivity index (χ0n) is 14.4. The van der Waals surface area contributed by atoms with Crippen LogP contribution in [0.3, 0.4) is 0 Å². The average Bonchev–Trinajstić information content (AvgIpc) is 2.96. The Balaban J connectivity index is 1.87. The second-order valence-electron chi connectivity index (χ2n) is 6.96. The van der Waals surface area contributed by atoms with E-state index in [0.29, 0.717) is 45.4 Å². The second-order valence-corrected chi connectivity index (χ2v) is 8.87. The number of fused-ring (bicyclic) bond motifs is 2. The molecule has 3 rings (SSSR count). The zero-order valence-corrected chi connectivity index (χ0v) is 15.3. The van der Waals surface area contributed by atoms with E-state index in [-0.39, 0.29) is 5.91 Å². The number of imidazole rings is 1. The van der Waals surface area contributed by atoms with Crippen LogP contribution in [0.15, 0.2) is 6.33 Å². The highest BCUT2D eigenvalue weighted by atomic mass is 32.2. The maximum absolute atomic E-state index is 12.4. The molecule has 0 unspecified atom stereocenters. The lowest BCUT2D eigenvalue weighted by Crippen LogP contribution is -2.59. The van der Waals surface area contributed by atoms with E-state index in [1.54, 1.807) is 10.6 Å². The average molecular weight is 355 g/mol. The summed E-state index contributed by atoms with van der Waals surface area (Å²) in [5.74, 6) is 0.0822. The molecule has 2 aliphatic heterocycles. The van der Waals surface area contributed by atoms with Crippen LogP contribution in [-0.4, -0.2) is 84.9 Å². The number of H-pyrrole nitrogens is 1. The van der Waals surface area contributed by atoms with Gasteiger partial charge in [0.1, 0.15) is 0 Å². The molecule has 24 heavy (non-hydrogen) atoms. The third-order valence-corrected chi connectivity index (χ3v) is 6.33. The van der Waals surface area contributed by atoms with E-state index >= 15 is 0 Å². The molecule has 0 saturated carbocycles. The van der Waals surface area contributed by atoms with E-state index in [0.717, 1.165) is 11.4 Å². The normalized spacial score (nSPS) is 21.2. The number of hydrogen-bond acceptors (Lipinski definition) is 5. The van der Waals surface area contributed by atoms with Crippen LogP contribution < -0.4 is 0 Å². The van der Waals surface area contributed by atoms with Gasteiger partial charge in [0.25, 0.3) is 0 Å². The number of amides is 1. The molecule has 0 radical (unpaired) electrons. The first kappa shape index (κ1) is 17.4. The first-order valence-corrected chi connectivity index (χ1v) is 10.0. The number of likely N-dealkylation sites (N-methyl/N-ethyl adjacent to an activating group) is 1. The number of nitrogens with one attached hydrogen (secondary N) is 1. The van der Waals surface area contributed by atoms with Crippen LogP contribution in [0.2, 0.25) is 0 Å². The molecule has 1 saturated heterocycles. The highest BCUT2D eigenvalue weighted by Gasteiger charge is 2.50. The van der Waals surface area contributed by atoms with E-state index in [2.05, 4.69) is 9.97 Å². The monoisotopic (exact) mass is 355 g/mol. The molecule has 3 heterocycles. The van der Waals surface area contributed by atoms with Crippen molar-refractivity contribution in [1.82, 2.24) is 24.1 Å². The summed E-state index contributed by atoms with van der Waals surface area (Å²) in [5.41, 5.74) is 1.22. The van der Waals surface area contributed by atoms with Gasteiger partial charge in [-0.05, 0) is 26.9 Å². The van der Waals surface area contributed by atoms with Crippen molar-refractivity contribution in [2.45, 2.75) is 24.8 Å². The molecule has 0 atom stereocenters. The summed E-state index contributed by atoms with van der Waals surface area (Å²) in [4.78, 5) is 23.5. The van der Waals surface area contributed by atoms with Gasteiger partial charge in [-0.25, -0.2) is 13.4 Å². The van der Waals surface area contributed by atoms with Crippen molar-refractivity contribution < 1.29 is 13.2 Å². The van der Waals surface area contributed by atoms with Gasteiger partial charge in [0.05, 0.1) is 30.4 Å². The van der Waals surface area contributed by atoms with Gasteiger partial charge in [-0.3, -0.25) is 4.79 Å². The van der Waals surface area contributed by atoms with Gasteiger partial charge in [0, 0.05) is 31.7 Å². The summed E-state index contributed by atoms with van der Waals surface area (Å²) in [6.07, 6.45) is 4.71. The molecule has 0 bridgehead atoms. The third kappa shape index (κ3) is 2.96. The van der Waals surface area contributed by atoms with Crippen molar-refractivity contribution in [2.24, 2.45) is 0 Å². The molecule has 1 amide bonds. The van der Waals surface area contributed by atoms with Crippen LogP contribution in [-0.2, 0) is 26.8 Å². The lowest BCUT2D eigenvalue weighted by atomic mass is 9.80. The predicted molar refractivity (Wildman–Crippen MR) is 89.9 cm³/mol. The lowest BCUT2D eigenvalue weighted by Gasteiger charge is -2.49. The van der Waals surface area contributed by atoms with E-state index in [4.69, 9.17) is 0 Å². The number of carbonyl (C=O) groups excluding carboxylic acids is 1. The summed E-state index contributed by atoms with van der Waals surface area (Å²) in [7, 11) is 0.390. The molecule has 0 aliphatic carbocycles. The fourth-order valence-electron chi connectivity index (χ4n) is 3.92. The molecule has 8 nitrogen and oxygen atoms in total. The Morgan fingerprint density at radius 3 is 2.58 bits per heavy atom. The van der Waals surface area contributed by atoms with Crippen LogP contribution in [0.4, 0.5) is 0 Å². The summed E-state index contributed by atoms with van der Waals surface area (Å²) in [6.45, 7) is 1.92. The number of sulfonamides is 1. The van der Waals surface area contributed by atoms with Gasteiger partial charge in [-0.15, -0.1) is 0 Å². The van der Waals surface area contributed by atoms with E-state index in [1.807, 2.05) is 23.9 Å². The van der Waals surface area contributed by atoms with Crippen molar-refractivity contribution in [3.8, 4) is 0 Å². The standard InChI is InChI=1S/C15H25N5O3S/c1-18(2)10-13(21)19-8-5-15(6-9-19)14-12(16-11-17-14)4-7-20(15)24(3,22)23/h11H,4-10H2,1-3H3,(H,16,17). The number of aromatic nitrogens is 2. The molecule has 1 fully saturated rings. The van der Waals surface area contributed by atoms with Gasteiger partial charge in [0.15, 0.2) is 0 Å². The van der Waals surface area contributed by atoms with E-state index in [9.17, 15) is 13.2 Å². The van der Waals surface area contributed by atoms with Crippen molar-refractivity contribution in [1.29, 1.82) is 0 Å². The highest BCUT2D eigenvalue weighted by Crippen LogP contribution is 2.43. The summed E-state index contributed by atoms with van der Waals surface area (Å²) >= 11 is 0. The van der Waals surface area contributed by atoms with Crippen molar-refractivity contribution in [2.75, 3.05) is 46.5 Å². The van der Waals surface area contributed by atoms with Gasteiger partial charge >= 0.3 is 0 Å². The number of hydrogen-bond donors (Lipinski definition) is 1. The number of carbonyl (C=O) groups is 1. The Morgan fingerprint density at radius 1 is 1.33 bits per heavy atom. The molecular weight excluding hydrogens is 330 g/mol. The van der Waals surface area contributed by atoms with Crippen molar-refractivity contribution in [3.05, 3.63) is 17.7 Å². The maximum Gasteiger partial charge on any atom is 0.236 e. The first-order valence-electron chi connectivity index (χ1n) is 8.17. The van der Waals surface area contributed by atoms with Crippen LogP contribution in [0, 0.1) is 0 Å². The first-order chi connectivity index (χ1) is 11.2. The molecule has 0 aromatic carbocycles. The number of nitrogens with zero attached hydrogens (tertiary/aromatic N) is 4. The van der Waals surface area contributed by atoms with Gasteiger partial charge in [0.2, 0.25) is 15.9 Å². The van der Waals surface area contributed by atoms with Gasteiger partial charge < -0.3 is 14.8 Å². The van der Waals surface area contributed by atoms with Crippen LogP contribution in [0.1, 0.15) is 24.2 Å². The van der Waals surface area contributed by atoms with Gasteiger partial charge in [-0.1, -0.05) is 0 Å². The highest BCUT2D eigenvalue weighted by molar-refractivity contribution is 7.88. The molecule has 1 spiro atoms. The molecule has 1 N–H and O–H groups in total. The topological polar surface area (TPSA) is 89.6 Å². The second kappa shape index (κ2) is 6.12. The van der Waals surface area contributed by atoms with Crippen molar-refractivity contribution in [3.63, 3.8) is 0 Å². The fraction of sp³-hybridized carbons (Fsp3) is 0.733. The number of likely N-dealkylation sites (tertiary alicyclic amines) is 1. The van der Waals surface area contributed by atoms with E-state index in [1.165, 1.54) is 6.26 Å². The quantitative estimate of drug-likeness (QED) is 0.797. The van der Waals surface area contributed by atoms with Crippen LogP contribution in [0.25, 0.3) is 0 Å². The summed E-state index contributed by atoms with van der Waals surface area (Å²) in [5, 5.41) is 0. The van der Waals surface area contributed by atoms with E-state index < -0.39 is 15.6 Å². The van der Waals surface area contributed by atoms with Crippen LogP contribution in [0.5, 0.6) is 0 Å². The molecular formula is C15H25N5O3S. The smallest absolute Gasteiger partial charge is 0.236 e. The number of piperidine rings is 1. The molecule has 2 aliphatic rings. The molecule has 134 valence electrons. The predicted octanol–water partition coefficient (Wildman–Crippen LogP) is -0.393. The minimum Gasteiger partial charge on any atom is -0.348 e. The molecule has 1 aromatic rings. The van der Waals surface area contributed by atoms with Crippen LogP contribution >= 0.6 is 0 Å². The largest absolute Gasteiger partial charge is 0.348 e. The SMILES string of the molecule is CN(C)CC(=O)N1CCC2(CC1)c1nc[nH]c1CCN2S(C)(=O)=O. The van der Waals surface area contributed by atoms with Gasteiger partial charge in [-0.2, -0.15) is 4.31 Å². The summed E-state index contributed by atoms with van der Waals surface area (Å²) < 4.78 is 26.3. The van der Waals surface area contributed by atoms with Crippen molar-refractivity contribution >= 4 is 15.9 Å². The fourth-order valence-corrected chi connectivity index (χ4v) is 5.25. The Morgan fingerprint density at radius 2 is 2.00 bits per heavy atom. The lowest BCUT2D eigenvalue weighted by molar-refractivity contribution is -0.134. The number of rotatable bonds is 3. The molecule has 9 heteroatoms.